The average Bonchev–Trinajstić information content (AvgIpc) is 2.07. The summed E-state index contributed by atoms with van der Waals surface area (Å²) in [4.78, 5) is 0.0469. The van der Waals surface area contributed by atoms with Crippen LogP contribution in [0.1, 0.15) is 5.56 Å². The van der Waals surface area contributed by atoms with E-state index in [4.69, 9.17) is 28.3 Å². The van der Waals surface area contributed by atoms with E-state index >= 15 is 0 Å². The Bertz CT molecular complexity index is 431. The molecule has 14 heavy (non-hydrogen) atoms. The molecule has 0 bridgehead atoms. The molecule has 0 amide bonds. The molecule has 78 valence electrons. The van der Waals surface area contributed by atoms with Gasteiger partial charge in [0.05, 0.1) is 4.90 Å². The average molecular weight is 254 g/mol. The van der Waals surface area contributed by atoms with Gasteiger partial charge in [-0.3, -0.25) is 0 Å². The van der Waals surface area contributed by atoms with Crippen LogP contribution in [-0.4, -0.2) is 14.3 Å². The van der Waals surface area contributed by atoms with E-state index in [1.54, 1.807) is 12.1 Å². The number of nitrogens with two attached hydrogens (primary N) is 1. The first-order chi connectivity index (χ1) is 6.45. The summed E-state index contributed by atoms with van der Waals surface area (Å²) in [6.45, 7) is 0. The predicted molar refractivity (Wildman–Crippen MR) is 57.2 cm³/mol. The van der Waals surface area contributed by atoms with Crippen molar-refractivity contribution in [1.29, 1.82) is 0 Å². The molecule has 1 rings (SSSR count). The van der Waals surface area contributed by atoms with Gasteiger partial charge in [0.15, 0.2) is 0 Å². The van der Waals surface area contributed by atoms with E-state index < -0.39 is 10.0 Å². The normalized spacial score (nSPS) is 11.6. The fraction of sp³-hybridized carbons (Fsp3) is 0.250. The number of rotatable bonds is 3. The van der Waals surface area contributed by atoms with E-state index in [1.807, 2.05) is 0 Å². The molecule has 1 aromatic rings. The molecule has 0 saturated carbocycles. The molecular weight excluding hydrogens is 245 g/mol. The Kier molecular flexibility index (Phi) is 3.78. The molecule has 0 fully saturated rings. The van der Waals surface area contributed by atoms with Crippen LogP contribution in [0.5, 0.6) is 0 Å². The number of aryl methyl sites for hydroxylation is 1. The Hall–Kier alpha value is -0.290. The largest absolute Gasteiger partial charge is 0.238 e. The minimum atomic E-state index is -3.72. The van der Waals surface area contributed by atoms with Crippen LogP contribution < -0.4 is 5.14 Å². The first kappa shape index (κ1) is 11.8. The van der Waals surface area contributed by atoms with Gasteiger partial charge in [0.1, 0.15) is 0 Å². The molecule has 0 aromatic heterocycles. The zero-order valence-corrected chi connectivity index (χ0v) is 9.53. The monoisotopic (exact) mass is 253 g/mol. The van der Waals surface area contributed by atoms with Crippen molar-refractivity contribution >= 4 is 33.2 Å². The molecule has 6 heteroatoms. The zero-order valence-electron chi connectivity index (χ0n) is 7.20. The van der Waals surface area contributed by atoms with Crippen molar-refractivity contribution in [3.05, 3.63) is 28.8 Å². The zero-order chi connectivity index (χ0) is 10.8. The Morgan fingerprint density at radius 1 is 1.36 bits per heavy atom. The summed E-state index contributed by atoms with van der Waals surface area (Å²) in [6, 6.07) is 4.56. The Labute approximate surface area is 92.9 Å². The number of primary sulfonamides is 1. The maximum Gasteiger partial charge on any atom is 0.238 e. The Morgan fingerprint density at radius 3 is 2.50 bits per heavy atom. The molecular formula is C8H9Cl2NO2S. The standard InChI is InChI=1S/C8H9Cl2NO2S/c9-4-3-6-1-2-7(10)5-8(6)14(11,12)13/h1-2,5H,3-4H2,(H2,11,12,13). The van der Waals surface area contributed by atoms with E-state index in [0.29, 0.717) is 22.9 Å². The maximum absolute atomic E-state index is 11.2. The van der Waals surface area contributed by atoms with Crippen LogP contribution in [0.25, 0.3) is 0 Å². The summed E-state index contributed by atoms with van der Waals surface area (Å²) in [6.07, 6.45) is 0.449. The molecule has 3 nitrogen and oxygen atoms in total. The Morgan fingerprint density at radius 2 is 2.00 bits per heavy atom. The lowest BCUT2D eigenvalue weighted by atomic mass is 10.2. The quantitative estimate of drug-likeness (QED) is 0.835. The van der Waals surface area contributed by atoms with Crippen LogP contribution in [-0.2, 0) is 16.4 Å². The number of benzene rings is 1. The summed E-state index contributed by atoms with van der Waals surface area (Å²) in [5, 5.41) is 5.37. The highest BCUT2D eigenvalue weighted by atomic mass is 35.5. The third-order valence-corrected chi connectivity index (χ3v) is 3.12. The number of hydrogen-bond donors (Lipinski definition) is 1. The smallest absolute Gasteiger partial charge is 0.225 e. The van der Waals surface area contributed by atoms with Gasteiger partial charge in [0, 0.05) is 10.9 Å². The second kappa shape index (κ2) is 4.49. The minimum absolute atomic E-state index is 0.0469. The molecule has 0 spiro atoms. The van der Waals surface area contributed by atoms with Gasteiger partial charge in [-0.25, -0.2) is 13.6 Å². The van der Waals surface area contributed by atoms with E-state index in [9.17, 15) is 8.42 Å². The fourth-order valence-corrected chi connectivity index (χ4v) is 2.37. The maximum atomic E-state index is 11.2. The third kappa shape index (κ3) is 2.85. The van der Waals surface area contributed by atoms with Gasteiger partial charge in [-0.05, 0) is 24.1 Å². The van der Waals surface area contributed by atoms with Crippen molar-refractivity contribution in [3.63, 3.8) is 0 Å². The summed E-state index contributed by atoms with van der Waals surface area (Å²) < 4.78 is 22.3. The number of halogens is 2. The van der Waals surface area contributed by atoms with Crippen LogP contribution in [0.2, 0.25) is 5.02 Å². The molecule has 0 aliphatic heterocycles. The molecule has 1 aromatic carbocycles. The van der Waals surface area contributed by atoms with Crippen molar-refractivity contribution in [2.75, 3.05) is 5.88 Å². The second-order valence-corrected chi connectivity index (χ2v) is 5.08. The summed E-state index contributed by atoms with van der Waals surface area (Å²) >= 11 is 11.2. The molecule has 0 aliphatic carbocycles. The fourth-order valence-electron chi connectivity index (χ4n) is 1.10. The highest BCUT2D eigenvalue weighted by Crippen LogP contribution is 2.20. The topological polar surface area (TPSA) is 60.2 Å². The molecule has 2 N–H and O–H groups in total. The molecule has 0 saturated heterocycles. The van der Waals surface area contributed by atoms with Crippen molar-refractivity contribution < 1.29 is 8.42 Å². The summed E-state index contributed by atoms with van der Waals surface area (Å²) in [5.74, 6) is 0.337. The van der Waals surface area contributed by atoms with Crippen LogP contribution in [0.15, 0.2) is 23.1 Å². The van der Waals surface area contributed by atoms with Crippen molar-refractivity contribution in [1.82, 2.24) is 0 Å². The van der Waals surface area contributed by atoms with Crippen LogP contribution >= 0.6 is 23.2 Å². The van der Waals surface area contributed by atoms with E-state index in [2.05, 4.69) is 0 Å². The number of sulfonamides is 1. The van der Waals surface area contributed by atoms with Gasteiger partial charge in [-0.15, -0.1) is 11.6 Å². The number of hydrogen-bond acceptors (Lipinski definition) is 2. The SMILES string of the molecule is NS(=O)(=O)c1cc(Cl)ccc1CCCl. The van der Waals surface area contributed by atoms with Gasteiger partial charge >= 0.3 is 0 Å². The highest BCUT2D eigenvalue weighted by Gasteiger charge is 2.13. The predicted octanol–water partition coefficient (Wildman–Crippen LogP) is 1.77. The first-order valence-electron chi connectivity index (χ1n) is 3.82. The van der Waals surface area contributed by atoms with Crippen LogP contribution in [0.3, 0.4) is 0 Å². The lowest BCUT2D eigenvalue weighted by Crippen LogP contribution is -2.14. The second-order valence-electron chi connectivity index (χ2n) is 2.74. The van der Waals surface area contributed by atoms with Crippen LogP contribution in [0, 0.1) is 0 Å². The third-order valence-electron chi connectivity index (χ3n) is 1.70. The molecule has 0 atom stereocenters. The lowest BCUT2D eigenvalue weighted by Gasteiger charge is -2.06. The molecule has 0 aliphatic rings. The van der Waals surface area contributed by atoms with Gasteiger partial charge in [0.25, 0.3) is 0 Å². The molecule has 0 radical (unpaired) electrons. The first-order valence-corrected chi connectivity index (χ1v) is 6.28. The van der Waals surface area contributed by atoms with Crippen molar-refractivity contribution in [2.45, 2.75) is 11.3 Å². The minimum Gasteiger partial charge on any atom is -0.225 e. The van der Waals surface area contributed by atoms with Crippen molar-refractivity contribution in [3.8, 4) is 0 Å². The van der Waals surface area contributed by atoms with E-state index in [0.717, 1.165) is 0 Å². The number of alkyl halides is 1. The molecule has 0 heterocycles. The molecule has 0 unspecified atom stereocenters. The summed E-state index contributed by atoms with van der Waals surface area (Å²) in [7, 11) is -3.72. The van der Waals surface area contributed by atoms with Gasteiger partial charge in [0.2, 0.25) is 10.0 Å². The van der Waals surface area contributed by atoms with E-state index in [-0.39, 0.29) is 4.90 Å². The lowest BCUT2D eigenvalue weighted by molar-refractivity contribution is 0.596. The van der Waals surface area contributed by atoms with E-state index in [1.165, 1.54) is 6.07 Å². The van der Waals surface area contributed by atoms with Gasteiger partial charge in [-0.2, -0.15) is 0 Å². The highest BCUT2D eigenvalue weighted by molar-refractivity contribution is 7.89. The summed E-state index contributed by atoms with van der Waals surface area (Å²) in [5.41, 5.74) is 0.590. The Balaban J connectivity index is 3.30. The van der Waals surface area contributed by atoms with Crippen molar-refractivity contribution in [2.24, 2.45) is 5.14 Å². The van der Waals surface area contributed by atoms with Gasteiger partial charge < -0.3 is 0 Å². The van der Waals surface area contributed by atoms with Gasteiger partial charge in [-0.1, -0.05) is 17.7 Å². The van der Waals surface area contributed by atoms with Crippen LogP contribution in [0.4, 0.5) is 0 Å².